The van der Waals surface area contributed by atoms with Gasteiger partial charge in [-0.3, -0.25) is 4.79 Å². The largest absolute Gasteiger partial charge is 0.481 e. The van der Waals surface area contributed by atoms with Crippen molar-refractivity contribution in [3.8, 4) is 0 Å². The Bertz CT molecular complexity index is 497. The Hall–Kier alpha value is -1.27. The number of hydrogen-bond acceptors (Lipinski definition) is 3. The van der Waals surface area contributed by atoms with E-state index in [4.69, 9.17) is 11.6 Å². The molecule has 118 valence electrons. The number of hydrogen-bond donors (Lipinski definition) is 3. The fourth-order valence-corrected chi connectivity index (χ4v) is 2.91. The van der Waals surface area contributed by atoms with Gasteiger partial charge in [-0.15, -0.1) is 11.3 Å². The zero-order valence-electron chi connectivity index (χ0n) is 12.4. The first kappa shape index (κ1) is 17.8. The molecular formula is C14H21ClN2O3S. The van der Waals surface area contributed by atoms with Gasteiger partial charge in [0.15, 0.2) is 0 Å². The molecule has 0 radical (unpaired) electrons. The first-order valence-corrected chi connectivity index (χ1v) is 7.85. The lowest BCUT2D eigenvalue weighted by Gasteiger charge is -2.23. The third-order valence-corrected chi connectivity index (χ3v) is 4.00. The summed E-state index contributed by atoms with van der Waals surface area (Å²) >= 11 is 7.20. The number of halogens is 1. The highest BCUT2D eigenvalue weighted by atomic mass is 35.5. The summed E-state index contributed by atoms with van der Waals surface area (Å²) in [5.41, 5.74) is -0.102. The molecule has 0 saturated carbocycles. The van der Waals surface area contributed by atoms with Gasteiger partial charge in [0, 0.05) is 11.4 Å². The summed E-state index contributed by atoms with van der Waals surface area (Å²) in [4.78, 5) is 23.8. The van der Waals surface area contributed by atoms with E-state index in [1.165, 1.54) is 11.3 Å². The van der Waals surface area contributed by atoms with E-state index in [2.05, 4.69) is 10.6 Å². The summed E-state index contributed by atoms with van der Waals surface area (Å²) < 4.78 is 0.670. The van der Waals surface area contributed by atoms with Crippen molar-refractivity contribution in [1.82, 2.24) is 10.6 Å². The Balaban J connectivity index is 2.37. The Morgan fingerprint density at radius 2 is 2.00 bits per heavy atom. The fraction of sp³-hybridized carbons (Fsp3) is 0.571. The Labute approximate surface area is 133 Å². The minimum Gasteiger partial charge on any atom is -0.481 e. The van der Waals surface area contributed by atoms with Gasteiger partial charge in [0.05, 0.1) is 16.8 Å². The van der Waals surface area contributed by atoms with Crippen LogP contribution in [-0.2, 0) is 11.3 Å². The molecule has 0 aliphatic carbocycles. The highest BCUT2D eigenvalue weighted by Crippen LogP contribution is 2.24. The van der Waals surface area contributed by atoms with Crippen LogP contribution in [0.2, 0.25) is 4.34 Å². The highest BCUT2D eigenvalue weighted by molar-refractivity contribution is 7.16. The van der Waals surface area contributed by atoms with Crippen LogP contribution in [0.3, 0.4) is 0 Å². The summed E-state index contributed by atoms with van der Waals surface area (Å²) in [6.07, 6.45) is 0.503. The second kappa shape index (κ2) is 7.66. The quantitative estimate of drug-likeness (QED) is 0.747. The molecule has 5 nitrogen and oxygen atoms in total. The molecule has 21 heavy (non-hydrogen) atoms. The Morgan fingerprint density at radius 3 is 2.48 bits per heavy atom. The van der Waals surface area contributed by atoms with Gasteiger partial charge in [-0.05, 0) is 24.0 Å². The van der Waals surface area contributed by atoms with Crippen molar-refractivity contribution >= 4 is 34.9 Å². The van der Waals surface area contributed by atoms with Crippen molar-refractivity contribution in [2.24, 2.45) is 11.3 Å². The normalized spacial score (nSPS) is 12.8. The molecule has 0 aromatic carbocycles. The van der Waals surface area contributed by atoms with Gasteiger partial charge in [-0.2, -0.15) is 0 Å². The molecule has 0 spiro atoms. The molecule has 0 saturated heterocycles. The van der Waals surface area contributed by atoms with Gasteiger partial charge in [0.25, 0.3) is 0 Å². The molecule has 0 aliphatic heterocycles. The van der Waals surface area contributed by atoms with E-state index in [0.29, 0.717) is 17.3 Å². The molecule has 0 bridgehead atoms. The first-order chi connectivity index (χ1) is 9.67. The van der Waals surface area contributed by atoms with Gasteiger partial charge in [-0.25, -0.2) is 4.79 Å². The monoisotopic (exact) mass is 332 g/mol. The predicted molar refractivity (Wildman–Crippen MR) is 84.8 cm³/mol. The topological polar surface area (TPSA) is 78.4 Å². The summed E-state index contributed by atoms with van der Waals surface area (Å²) in [7, 11) is 0. The molecule has 2 amide bonds. The predicted octanol–water partition coefficient (Wildman–Crippen LogP) is 3.34. The number of rotatable bonds is 6. The van der Waals surface area contributed by atoms with Gasteiger partial charge in [-0.1, -0.05) is 32.4 Å². The van der Waals surface area contributed by atoms with Gasteiger partial charge in [0.1, 0.15) is 0 Å². The van der Waals surface area contributed by atoms with Crippen LogP contribution in [0.1, 0.15) is 32.1 Å². The molecule has 1 atom stereocenters. The molecule has 1 aromatic rings. The van der Waals surface area contributed by atoms with Crippen molar-refractivity contribution < 1.29 is 14.7 Å². The number of amides is 2. The number of carboxylic acid groups (broad SMARTS) is 1. The molecule has 0 fully saturated rings. The van der Waals surface area contributed by atoms with E-state index >= 15 is 0 Å². The van der Waals surface area contributed by atoms with Crippen LogP contribution in [0, 0.1) is 11.3 Å². The molecule has 7 heteroatoms. The molecule has 1 rings (SSSR count). The van der Waals surface area contributed by atoms with Gasteiger partial charge in [0.2, 0.25) is 0 Å². The van der Waals surface area contributed by atoms with Gasteiger partial charge >= 0.3 is 12.0 Å². The minimum atomic E-state index is -0.893. The highest BCUT2D eigenvalue weighted by Gasteiger charge is 2.24. The number of aliphatic carboxylic acids is 1. The van der Waals surface area contributed by atoms with Crippen LogP contribution < -0.4 is 10.6 Å². The molecule has 3 N–H and O–H groups in total. The zero-order chi connectivity index (χ0) is 16.0. The third kappa shape index (κ3) is 7.34. The van der Waals surface area contributed by atoms with Crippen LogP contribution in [0.4, 0.5) is 4.79 Å². The van der Waals surface area contributed by atoms with Crippen molar-refractivity contribution in [2.75, 3.05) is 6.54 Å². The third-order valence-electron chi connectivity index (χ3n) is 2.77. The lowest BCUT2D eigenvalue weighted by atomic mass is 9.84. The van der Waals surface area contributed by atoms with E-state index in [1.807, 2.05) is 26.8 Å². The maximum atomic E-state index is 11.7. The zero-order valence-corrected chi connectivity index (χ0v) is 14.0. The van der Waals surface area contributed by atoms with Crippen LogP contribution in [0.25, 0.3) is 0 Å². The van der Waals surface area contributed by atoms with Crippen LogP contribution in [0.5, 0.6) is 0 Å². The molecule has 1 heterocycles. The van der Waals surface area contributed by atoms with Gasteiger partial charge < -0.3 is 15.7 Å². The number of carbonyl (C=O) groups excluding carboxylic acids is 1. The second-order valence-corrected chi connectivity index (χ2v) is 7.87. The van der Waals surface area contributed by atoms with E-state index in [-0.39, 0.29) is 18.0 Å². The molecular weight excluding hydrogens is 312 g/mol. The smallest absolute Gasteiger partial charge is 0.315 e. The maximum absolute atomic E-state index is 11.7. The number of carbonyl (C=O) groups is 2. The lowest BCUT2D eigenvalue weighted by molar-refractivity contribution is -0.142. The average molecular weight is 333 g/mol. The Kier molecular flexibility index (Phi) is 6.48. The van der Waals surface area contributed by atoms with Crippen LogP contribution >= 0.6 is 22.9 Å². The standard InChI is InChI=1S/C14H21ClN2O3S/c1-14(2,3)6-9(12(18)19)7-16-13(20)17-8-10-4-5-11(15)21-10/h4-5,9H,6-8H2,1-3H3,(H,18,19)(H2,16,17,20). The first-order valence-electron chi connectivity index (χ1n) is 6.66. The number of thiophene rings is 1. The average Bonchev–Trinajstić information content (AvgIpc) is 2.76. The summed E-state index contributed by atoms with van der Waals surface area (Å²) in [5.74, 6) is -1.48. The van der Waals surface area contributed by atoms with Crippen LogP contribution in [0.15, 0.2) is 12.1 Å². The maximum Gasteiger partial charge on any atom is 0.315 e. The van der Waals surface area contributed by atoms with E-state index in [1.54, 1.807) is 6.07 Å². The van der Waals surface area contributed by atoms with Crippen molar-refractivity contribution in [3.05, 3.63) is 21.3 Å². The molecule has 1 unspecified atom stereocenters. The van der Waals surface area contributed by atoms with Crippen LogP contribution in [-0.4, -0.2) is 23.7 Å². The number of carboxylic acids is 1. The van der Waals surface area contributed by atoms with Crippen molar-refractivity contribution in [2.45, 2.75) is 33.7 Å². The molecule has 0 aliphatic rings. The lowest BCUT2D eigenvalue weighted by Crippen LogP contribution is -2.40. The summed E-state index contributed by atoms with van der Waals surface area (Å²) in [6, 6.07) is 3.23. The summed E-state index contributed by atoms with van der Waals surface area (Å²) in [6.45, 7) is 6.42. The minimum absolute atomic E-state index is 0.102. The summed E-state index contributed by atoms with van der Waals surface area (Å²) in [5, 5.41) is 14.5. The van der Waals surface area contributed by atoms with Crippen molar-refractivity contribution in [3.63, 3.8) is 0 Å². The van der Waals surface area contributed by atoms with E-state index in [9.17, 15) is 14.7 Å². The molecule has 1 aromatic heterocycles. The second-order valence-electron chi connectivity index (χ2n) is 6.07. The Morgan fingerprint density at radius 1 is 1.33 bits per heavy atom. The van der Waals surface area contributed by atoms with E-state index < -0.39 is 11.9 Å². The van der Waals surface area contributed by atoms with Crippen molar-refractivity contribution in [1.29, 1.82) is 0 Å². The van der Waals surface area contributed by atoms with E-state index in [0.717, 1.165) is 4.88 Å². The number of nitrogens with one attached hydrogen (secondary N) is 2. The SMILES string of the molecule is CC(C)(C)CC(CNC(=O)NCc1ccc(Cl)s1)C(=O)O. The fourth-order valence-electron chi connectivity index (χ4n) is 1.88. The number of urea groups is 1.